The molecule has 1 aliphatic rings. The molecule has 98 valence electrons. The lowest BCUT2D eigenvalue weighted by molar-refractivity contribution is 0.334. The number of para-hydroxylation sites is 1. The number of nitrogens with zero attached hydrogens (tertiary/aromatic N) is 1. The van der Waals surface area contributed by atoms with Gasteiger partial charge in [0.25, 0.3) is 0 Å². The predicted octanol–water partition coefficient (Wildman–Crippen LogP) is 1.68. The molecule has 6 nitrogen and oxygen atoms in total. The zero-order chi connectivity index (χ0) is 10.5. The Bertz CT molecular complexity index is 330. The van der Waals surface area contributed by atoms with Gasteiger partial charge in [0.2, 0.25) is 0 Å². The molecule has 0 amide bonds. The second kappa shape index (κ2) is 8.22. The first-order valence-electron chi connectivity index (χ1n) is 5.09. The number of hydrogen-bond donors (Lipinski definition) is 3. The second-order valence-corrected chi connectivity index (χ2v) is 4.79. The van der Waals surface area contributed by atoms with E-state index in [9.17, 15) is 4.57 Å². The van der Waals surface area contributed by atoms with E-state index in [-0.39, 0.29) is 12.3 Å². The van der Waals surface area contributed by atoms with Gasteiger partial charge in [-0.25, -0.2) is 4.67 Å². The van der Waals surface area contributed by atoms with Crippen LogP contribution in [0.4, 0.5) is 0 Å². The van der Waals surface area contributed by atoms with E-state index in [2.05, 4.69) is 5.32 Å². The first-order valence-corrected chi connectivity index (χ1v) is 6.35. The largest absolute Gasteiger partial charge is 0.434 e. The van der Waals surface area contributed by atoms with Crippen molar-refractivity contribution in [3.8, 4) is 5.75 Å². The van der Waals surface area contributed by atoms with Crippen LogP contribution >= 0.6 is 8.18 Å². The number of rotatable bonds is 3. The minimum absolute atomic E-state index is 0. The Morgan fingerprint density at radius 2 is 1.71 bits per heavy atom. The van der Waals surface area contributed by atoms with E-state index >= 15 is 0 Å². The van der Waals surface area contributed by atoms with E-state index < -0.39 is 8.18 Å². The van der Waals surface area contributed by atoms with Crippen LogP contribution in [0.15, 0.2) is 30.3 Å². The molecule has 1 unspecified atom stereocenters. The molecule has 2 rings (SSSR count). The standard InChI is InChI=1S/C10H15N2O2P.2H3N/c13-15(12-8-6-11-7-9-12)14-10-4-2-1-3-5-10;;/h1-5,11,15H,6-9H2;2*1H3. The fourth-order valence-electron chi connectivity index (χ4n) is 1.50. The molecule has 1 atom stereocenters. The van der Waals surface area contributed by atoms with Crippen LogP contribution in [-0.4, -0.2) is 30.8 Å². The third kappa shape index (κ3) is 4.85. The quantitative estimate of drug-likeness (QED) is 0.713. The van der Waals surface area contributed by atoms with Crippen LogP contribution in [0.3, 0.4) is 0 Å². The molecule has 1 aromatic rings. The highest BCUT2D eigenvalue weighted by Crippen LogP contribution is 2.30. The Kier molecular flexibility index (Phi) is 7.78. The van der Waals surface area contributed by atoms with Crippen molar-refractivity contribution in [1.82, 2.24) is 22.3 Å². The summed E-state index contributed by atoms with van der Waals surface area (Å²) in [4.78, 5) is 0. The van der Waals surface area contributed by atoms with Crippen molar-refractivity contribution in [3.05, 3.63) is 30.3 Å². The van der Waals surface area contributed by atoms with Gasteiger partial charge in [0.1, 0.15) is 5.75 Å². The molecule has 0 aromatic heterocycles. The monoisotopic (exact) mass is 260 g/mol. The molecule has 0 bridgehead atoms. The van der Waals surface area contributed by atoms with Gasteiger partial charge < -0.3 is 22.1 Å². The maximum Gasteiger partial charge on any atom is 0.307 e. The Hall–Kier alpha value is -0.910. The third-order valence-corrected chi connectivity index (χ3v) is 3.70. The zero-order valence-corrected chi connectivity index (χ0v) is 10.9. The summed E-state index contributed by atoms with van der Waals surface area (Å²) in [6.45, 7) is 3.36. The normalized spacial score (nSPS) is 17.4. The van der Waals surface area contributed by atoms with E-state index in [0.29, 0.717) is 5.75 Å². The van der Waals surface area contributed by atoms with Crippen LogP contribution in [0.25, 0.3) is 0 Å². The average Bonchev–Trinajstić information content (AvgIpc) is 2.31. The summed E-state index contributed by atoms with van der Waals surface area (Å²) in [7, 11) is -2.10. The maximum absolute atomic E-state index is 11.8. The molecule has 0 spiro atoms. The highest BCUT2D eigenvalue weighted by molar-refractivity contribution is 7.36. The fourth-order valence-corrected chi connectivity index (χ4v) is 2.56. The first-order chi connectivity index (χ1) is 7.36. The van der Waals surface area contributed by atoms with Gasteiger partial charge in [-0.05, 0) is 12.1 Å². The Morgan fingerprint density at radius 1 is 1.12 bits per heavy atom. The molecule has 0 saturated carbocycles. The van der Waals surface area contributed by atoms with Crippen LogP contribution in [0.5, 0.6) is 5.75 Å². The number of hydrogen-bond acceptors (Lipinski definition) is 5. The minimum Gasteiger partial charge on any atom is -0.434 e. The Balaban J connectivity index is 0.00000128. The van der Waals surface area contributed by atoms with Gasteiger partial charge in [-0.1, -0.05) is 18.2 Å². The lowest BCUT2D eigenvalue weighted by Gasteiger charge is -2.26. The molecule has 0 radical (unpaired) electrons. The Morgan fingerprint density at radius 3 is 2.29 bits per heavy atom. The summed E-state index contributed by atoms with van der Waals surface area (Å²) in [6, 6.07) is 9.31. The number of nitrogens with one attached hydrogen (secondary N) is 1. The third-order valence-electron chi connectivity index (χ3n) is 2.32. The summed E-state index contributed by atoms with van der Waals surface area (Å²) in [5.41, 5.74) is 0. The number of benzene rings is 1. The molecule has 1 fully saturated rings. The second-order valence-electron chi connectivity index (χ2n) is 3.42. The van der Waals surface area contributed by atoms with Crippen LogP contribution in [0.2, 0.25) is 0 Å². The lowest BCUT2D eigenvalue weighted by atomic mass is 10.3. The summed E-state index contributed by atoms with van der Waals surface area (Å²) >= 11 is 0. The molecule has 7 N–H and O–H groups in total. The smallest absolute Gasteiger partial charge is 0.307 e. The van der Waals surface area contributed by atoms with Gasteiger partial charge in [0.15, 0.2) is 0 Å². The highest BCUT2D eigenvalue weighted by atomic mass is 31.1. The van der Waals surface area contributed by atoms with E-state index in [1.54, 1.807) is 0 Å². The molecule has 1 aliphatic heterocycles. The molecule has 0 aliphatic carbocycles. The summed E-state index contributed by atoms with van der Waals surface area (Å²) in [5, 5.41) is 3.21. The fraction of sp³-hybridized carbons (Fsp3) is 0.400. The van der Waals surface area contributed by atoms with E-state index in [0.717, 1.165) is 26.2 Å². The van der Waals surface area contributed by atoms with E-state index in [1.165, 1.54) is 0 Å². The van der Waals surface area contributed by atoms with E-state index in [4.69, 9.17) is 4.52 Å². The SMILES string of the molecule is N.N.O=[PH](Oc1ccccc1)N1CCNCC1. The van der Waals surface area contributed by atoms with Gasteiger partial charge in [-0.3, -0.25) is 4.57 Å². The Labute approximate surface area is 102 Å². The van der Waals surface area contributed by atoms with Crippen molar-refractivity contribution in [2.24, 2.45) is 0 Å². The molecule has 1 saturated heterocycles. The molecule has 17 heavy (non-hydrogen) atoms. The van der Waals surface area contributed by atoms with Gasteiger partial charge in [0.05, 0.1) is 0 Å². The molecule has 1 heterocycles. The highest BCUT2D eigenvalue weighted by Gasteiger charge is 2.16. The molecule has 7 heteroatoms. The summed E-state index contributed by atoms with van der Waals surface area (Å²) < 4.78 is 19.1. The van der Waals surface area contributed by atoms with Crippen molar-refractivity contribution in [2.75, 3.05) is 26.2 Å². The molecule has 1 aromatic carbocycles. The lowest BCUT2D eigenvalue weighted by Crippen LogP contribution is -2.40. The zero-order valence-electron chi connectivity index (χ0n) is 9.89. The molecular weight excluding hydrogens is 239 g/mol. The van der Waals surface area contributed by atoms with E-state index in [1.807, 2.05) is 35.0 Å². The maximum atomic E-state index is 11.8. The number of piperazine rings is 1. The van der Waals surface area contributed by atoms with Crippen molar-refractivity contribution in [2.45, 2.75) is 0 Å². The van der Waals surface area contributed by atoms with Crippen molar-refractivity contribution in [1.29, 1.82) is 0 Å². The molecular formula is C10H21N4O2P. The van der Waals surface area contributed by atoms with Crippen LogP contribution in [0, 0.1) is 0 Å². The van der Waals surface area contributed by atoms with Gasteiger partial charge in [-0.15, -0.1) is 0 Å². The predicted molar refractivity (Wildman–Crippen MR) is 70.6 cm³/mol. The van der Waals surface area contributed by atoms with Gasteiger partial charge >= 0.3 is 8.18 Å². The van der Waals surface area contributed by atoms with Crippen LogP contribution in [-0.2, 0) is 4.57 Å². The van der Waals surface area contributed by atoms with Crippen molar-refractivity contribution < 1.29 is 9.09 Å². The van der Waals surface area contributed by atoms with Gasteiger partial charge in [-0.2, -0.15) is 0 Å². The summed E-state index contributed by atoms with van der Waals surface area (Å²) in [5.74, 6) is 0.680. The van der Waals surface area contributed by atoms with Crippen LogP contribution < -0.4 is 22.1 Å². The van der Waals surface area contributed by atoms with Gasteiger partial charge in [0, 0.05) is 26.2 Å². The average molecular weight is 260 g/mol. The topological polar surface area (TPSA) is 112 Å². The van der Waals surface area contributed by atoms with Crippen LogP contribution in [0.1, 0.15) is 0 Å². The van der Waals surface area contributed by atoms with Crippen molar-refractivity contribution in [3.63, 3.8) is 0 Å². The first kappa shape index (κ1) is 16.1. The summed E-state index contributed by atoms with van der Waals surface area (Å²) in [6.07, 6.45) is 0. The minimum atomic E-state index is -2.10. The van der Waals surface area contributed by atoms with Crippen molar-refractivity contribution >= 4 is 8.18 Å².